The topological polar surface area (TPSA) is 94.0 Å². The lowest BCUT2D eigenvalue weighted by Gasteiger charge is -2.31. The average Bonchev–Trinajstić information content (AvgIpc) is 2.85. The molecule has 0 radical (unpaired) electrons. The number of nitrogens with two attached hydrogens (primary N) is 2. The number of hydrogen-bond donors (Lipinski definition) is 3. The maximum absolute atomic E-state index is 12.0. The minimum Gasteiger partial charge on any atom is -0.344 e. The summed E-state index contributed by atoms with van der Waals surface area (Å²) in [6.07, 6.45) is 1.61. The molecule has 0 aromatic carbocycles. The Morgan fingerprint density at radius 1 is 1.47 bits per heavy atom. The highest BCUT2D eigenvalue weighted by molar-refractivity contribution is 7.09. The highest BCUT2D eigenvalue weighted by atomic mass is 32.1. The van der Waals surface area contributed by atoms with E-state index in [1.807, 2.05) is 13.8 Å². The van der Waals surface area contributed by atoms with Crippen molar-refractivity contribution >= 4 is 17.2 Å². The second-order valence-corrected chi connectivity index (χ2v) is 4.92. The van der Waals surface area contributed by atoms with Crippen molar-refractivity contribution < 1.29 is 4.79 Å². The number of carbonyl (C=O) groups is 1. The molecular weight excluding hydrogens is 236 g/mol. The molecule has 0 atom stereocenters. The van der Waals surface area contributed by atoms with E-state index < -0.39 is 0 Å². The molecule has 1 aromatic rings. The summed E-state index contributed by atoms with van der Waals surface area (Å²) in [5.74, 6) is -0.171. The standard InChI is InChI=1S/C11H20N4OS/c1-3-11(4-2,7-13)15-10(16)8-6-17-9(5-12)14-8/h6H,3-5,7,12-13H2,1-2H3,(H,15,16). The Bertz CT molecular complexity index is 365. The molecule has 5 nitrogen and oxygen atoms in total. The van der Waals surface area contributed by atoms with Gasteiger partial charge in [0.25, 0.3) is 5.91 Å². The maximum Gasteiger partial charge on any atom is 0.271 e. The largest absolute Gasteiger partial charge is 0.344 e. The Balaban J connectivity index is 2.77. The third-order valence-electron chi connectivity index (χ3n) is 3.08. The van der Waals surface area contributed by atoms with Gasteiger partial charge >= 0.3 is 0 Å². The second kappa shape index (κ2) is 6.09. The summed E-state index contributed by atoms with van der Waals surface area (Å²) >= 11 is 1.40. The summed E-state index contributed by atoms with van der Waals surface area (Å²) in [7, 11) is 0. The summed E-state index contributed by atoms with van der Waals surface area (Å²) in [4.78, 5) is 16.2. The quantitative estimate of drug-likeness (QED) is 0.703. The Hall–Kier alpha value is -0.980. The number of amides is 1. The highest BCUT2D eigenvalue weighted by Gasteiger charge is 2.27. The van der Waals surface area contributed by atoms with Gasteiger partial charge in [-0.25, -0.2) is 4.98 Å². The predicted octanol–water partition coefficient (Wildman–Crippen LogP) is 0.849. The van der Waals surface area contributed by atoms with E-state index in [9.17, 15) is 4.79 Å². The first kappa shape index (κ1) is 14.1. The van der Waals surface area contributed by atoms with Crippen LogP contribution >= 0.6 is 11.3 Å². The van der Waals surface area contributed by atoms with Gasteiger partial charge in [0.1, 0.15) is 10.7 Å². The number of nitrogens with zero attached hydrogens (tertiary/aromatic N) is 1. The second-order valence-electron chi connectivity index (χ2n) is 3.98. The lowest BCUT2D eigenvalue weighted by molar-refractivity contribution is 0.0890. The van der Waals surface area contributed by atoms with Crippen LogP contribution in [0.3, 0.4) is 0 Å². The molecular formula is C11H20N4OS. The van der Waals surface area contributed by atoms with Gasteiger partial charge in [-0.3, -0.25) is 4.79 Å². The van der Waals surface area contributed by atoms with Crippen LogP contribution in [-0.4, -0.2) is 23.0 Å². The van der Waals surface area contributed by atoms with E-state index in [0.29, 0.717) is 18.8 Å². The van der Waals surface area contributed by atoms with Gasteiger partial charge in [0.2, 0.25) is 0 Å². The third-order valence-corrected chi connectivity index (χ3v) is 3.95. The van der Waals surface area contributed by atoms with Crippen LogP contribution in [0.15, 0.2) is 5.38 Å². The van der Waals surface area contributed by atoms with Gasteiger partial charge in [-0.2, -0.15) is 0 Å². The molecule has 1 amide bonds. The maximum atomic E-state index is 12.0. The number of rotatable bonds is 6. The SMILES string of the molecule is CCC(CC)(CN)NC(=O)c1csc(CN)n1. The van der Waals surface area contributed by atoms with Crippen molar-refractivity contribution in [2.75, 3.05) is 6.54 Å². The van der Waals surface area contributed by atoms with Crippen molar-refractivity contribution in [1.29, 1.82) is 0 Å². The van der Waals surface area contributed by atoms with E-state index in [1.54, 1.807) is 5.38 Å². The Morgan fingerprint density at radius 2 is 2.12 bits per heavy atom. The van der Waals surface area contributed by atoms with Crippen LogP contribution in [0.25, 0.3) is 0 Å². The van der Waals surface area contributed by atoms with Crippen LogP contribution in [0.1, 0.15) is 42.2 Å². The molecule has 1 aromatic heterocycles. The molecule has 1 rings (SSSR count). The smallest absolute Gasteiger partial charge is 0.271 e. The molecule has 0 bridgehead atoms. The van der Waals surface area contributed by atoms with Gasteiger partial charge in [-0.15, -0.1) is 11.3 Å². The van der Waals surface area contributed by atoms with E-state index in [-0.39, 0.29) is 11.4 Å². The molecule has 0 aliphatic carbocycles. The summed E-state index contributed by atoms with van der Waals surface area (Å²) < 4.78 is 0. The van der Waals surface area contributed by atoms with Crippen molar-refractivity contribution in [2.24, 2.45) is 11.5 Å². The highest BCUT2D eigenvalue weighted by Crippen LogP contribution is 2.15. The molecule has 5 N–H and O–H groups in total. The first-order chi connectivity index (χ1) is 8.10. The van der Waals surface area contributed by atoms with Crippen molar-refractivity contribution in [2.45, 2.75) is 38.8 Å². The first-order valence-corrected chi connectivity index (χ1v) is 6.65. The van der Waals surface area contributed by atoms with E-state index in [1.165, 1.54) is 11.3 Å². The van der Waals surface area contributed by atoms with Crippen molar-refractivity contribution in [3.05, 3.63) is 16.1 Å². The van der Waals surface area contributed by atoms with Gasteiger partial charge in [0.15, 0.2) is 0 Å². The number of aromatic nitrogens is 1. The summed E-state index contributed by atoms with van der Waals surface area (Å²) in [6.45, 7) is 4.83. The molecule has 0 spiro atoms. The third kappa shape index (κ3) is 3.24. The van der Waals surface area contributed by atoms with Crippen molar-refractivity contribution in [3.63, 3.8) is 0 Å². The lowest BCUT2D eigenvalue weighted by Crippen LogP contribution is -2.52. The zero-order valence-electron chi connectivity index (χ0n) is 10.3. The molecule has 17 heavy (non-hydrogen) atoms. The Labute approximate surface area is 106 Å². The van der Waals surface area contributed by atoms with Gasteiger partial charge in [0, 0.05) is 18.5 Å². The zero-order chi connectivity index (χ0) is 12.9. The average molecular weight is 256 g/mol. The van der Waals surface area contributed by atoms with Crippen LogP contribution < -0.4 is 16.8 Å². The lowest BCUT2D eigenvalue weighted by atomic mass is 9.93. The van der Waals surface area contributed by atoms with Crippen LogP contribution in [0.2, 0.25) is 0 Å². The number of thiazole rings is 1. The van der Waals surface area contributed by atoms with Crippen LogP contribution in [0.4, 0.5) is 0 Å². The molecule has 0 fully saturated rings. The minimum atomic E-state index is -0.330. The molecule has 6 heteroatoms. The van der Waals surface area contributed by atoms with Gasteiger partial charge < -0.3 is 16.8 Å². The van der Waals surface area contributed by atoms with Gasteiger partial charge in [-0.05, 0) is 12.8 Å². The van der Waals surface area contributed by atoms with Crippen molar-refractivity contribution in [1.82, 2.24) is 10.3 Å². The fourth-order valence-corrected chi connectivity index (χ4v) is 2.23. The van der Waals surface area contributed by atoms with Crippen LogP contribution in [0, 0.1) is 0 Å². The number of hydrogen-bond acceptors (Lipinski definition) is 5. The van der Waals surface area contributed by atoms with E-state index in [4.69, 9.17) is 11.5 Å². The molecule has 0 aliphatic heterocycles. The first-order valence-electron chi connectivity index (χ1n) is 5.77. The van der Waals surface area contributed by atoms with E-state index in [2.05, 4.69) is 10.3 Å². The number of carbonyl (C=O) groups excluding carboxylic acids is 1. The van der Waals surface area contributed by atoms with Crippen LogP contribution in [-0.2, 0) is 6.54 Å². The molecule has 1 heterocycles. The van der Waals surface area contributed by atoms with Crippen LogP contribution in [0.5, 0.6) is 0 Å². The summed E-state index contributed by atoms with van der Waals surface area (Å²) in [6, 6.07) is 0. The van der Waals surface area contributed by atoms with Gasteiger partial charge in [-0.1, -0.05) is 13.8 Å². The van der Waals surface area contributed by atoms with E-state index in [0.717, 1.165) is 17.8 Å². The summed E-state index contributed by atoms with van der Waals surface area (Å²) in [5.41, 5.74) is 11.3. The molecule has 0 unspecified atom stereocenters. The fraction of sp³-hybridized carbons (Fsp3) is 0.636. The van der Waals surface area contributed by atoms with Crippen molar-refractivity contribution in [3.8, 4) is 0 Å². The normalized spacial score (nSPS) is 11.5. The fourth-order valence-electron chi connectivity index (χ4n) is 1.58. The molecule has 0 saturated carbocycles. The zero-order valence-corrected chi connectivity index (χ0v) is 11.1. The van der Waals surface area contributed by atoms with Gasteiger partial charge in [0.05, 0.1) is 5.54 Å². The molecule has 0 saturated heterocycles. The predicted molar refractivity (Wildman–Crippen MR) is 69.8 cm³/mol. The molecule has 96 valence electrons. The summed E-state index contributed by atoms with van der Waals surface area (Å²) in [5, 5.41) is 5.46. The monoisotopic (exact) mass is 256 g/mol. The molecule has 0 aliphatic rings. The Morgan fingerprint density at radius 3 is 2.53 bits per heavy atom. The number of nitrogens with one attached hydrogen (secondary N) is 1. The van der Waals surface area contributed by atoms with E-state index >= 15 is 0 Å². The minimum absolute atomic E-state index is 0.171. The Kier molecular flexibility index (Phi) is 5.04.